The molecule has 0 aliphatic heterocycles. The van der Waals surface area contributed by atoms with Gasteiger partial charge in [0.1, 0.15) is 0 Å². The molecule has 124 valence electrons. The lowest BCUT2D eigenvalue weighted by molar-refractivity contribution is -0.112. The highest BCUT2D eigenvalue weighted by atomic mass is 127. The number of hydrogen-bond acceptors (Lipinski definition) is 2. The molecule has 0 saturated heterocycles. The SMILES string of the molecule is N#Cc1ccc(/C=C2/CCCC/C(=C/c3ccc(I)cc3)C2=O)cc1. The minimum absolute atomic E-state index is 0.153. The van der Waals surface area contributed by atoms with Crippen molar-refractivity contribution in [3.63, 3.8) is 0 Å². The molecule has 1 aliphatic rings. The third-order valence-electron chi connectivity index (χ3n) is 4.32. The number of halogens is 1. The first-order valence-corrected chi connectivity index (χ1v) is 9.45. The summed E-state index contributed by atoms with van der Waals surface area (Å²) in [5, 5.41) is 8.89. The average molecular weight is 439 g/mol. The zero-order valence-electron chi connectivity index (χ0n) is 13.8. The van der Waals surface area contributed by atoms with Crippen LogP contribution in [-0.4, -0.2) is 5.78 Å². The highest BCUT2D eigenvalue weighted by Crippen LogP contribution is 2.27. The van der Waals surface area contributed by atoms with Crippen LogP contribution < -0.4 is 0 Å². The van der Waals surface area contributed by atoms with Crippen molar-refractivity contribution in [1.82, 2.24) is 0 Å². The Hall–Kier alpha value is -2.19. The number of hydrogen-bond donors (Lipinski definition) is 0. The van der Waals surface area contributed by atoms with Gasteiger partial charge in [0.2, 0.25) is 0 Å². The fourth-order valence-corrected chi connectivity index (χ4v) is 3.31. The van der Waals surface area contributed by atoms with Gasteiger partial charge in [0.25, 0.3) is 0 Å². The van der Waals surface area contributed by atoms with E-state index < -0.39 is 0 Å². The van der Waals surface area contributed by atoms with E-state index in [2.05, 4.69) is 52.9 Å². The predicted octanol–water partition coefficient (Wildman–Crippen LogP) is 5.77. The number of nitriles is 1. The lowest BCUT2D eigenvalue weighted by Crippen LogP contribution is -2.04. The lowest BCUT2D eigenvalue weighted by atomic mass is 9.98. The number of carbonyl (C=O) groups is 1. The third kappa shape index (κ3) is 4.67. The lowest BCUT2D eigenvalue weighted by Gasteiger charge is -2.06. The largest absolute Gasteiger partial charge is 0.289 e. The number of ketones is 1. The van der Waals surface area contributed by atoms with Crippen LogP contribution in [0.25, 0.3) is 12.2 Å². The number of rotatable bonds is 2. The molecule has 0 spiro atoms. The summed E-state index contributed by atoms with van der Waals surface area (Å²) in [6, 6.07) is 17.7. The number of carbonyl (C=O) groups excluding carboxylic acids is 1. The molecule has 3 rings (SSSR count). The standard InChI is InChI=1S/C22H18INO/c23-21-11-9-17(10-12-21)14-20-4-2-1-3-19(22(20)25)13-16-5-7-18(15-24)8-6-16/h5-14H,1-4H2/b19-13-,20-14-. The van der Waals surface area contributed by atoms with Gasteiger partial charge in [0.15, 0.2) is 5.78 Å². The molecule has 0 aromatic heterocycles. The molecule has 0 unspecified atom stereocenters. The van der Waals surface area contributed by atoms with Crippen LogP contribution in [0.2, 0.25) is 0 Å². The van der Waals surface area contributed by atoms with Gasteiger partial charge >= 0.3 is 0 Å². The summed E-state index contributed by atoms with van der Waals surface area (Å²) in [6.07, 6.45) is 7.69. The normalized spacial score (nSPS) is 18.2. The van der Waals surface area contributed by atoms with Gasteiger partial charge in [-0.1, -0.05) is 24.3 Å². The average Bonchev–Trinajstić information content (AvgIpc) is 2.80. The van der Waals surface area contributed by atoms with Crippen LogP contribution in [0, 0.1) is 14.9 Å². The smallest absolute Gasteiger partial charge is 0.185 e. The Morgan fingerprint density at radius 2 is 1.32 bits per heavy atom. The summed E-state index contributed by atoms with van der Waals surface area (Å²) >= 11 is 2.28. The Labute approximate surface area is 162 Å². The van der Waals surface area contributed by atoms with Gasteiger partial charge in [-0.15, -0.1) is 0 Å². The van der Waals surface area contributed by atoms with E-state index in [0.717, 1.165) is 48.0 Å². The molecule has 0 atom stereocenters. The fraction of sp³-hybridized carbons (Fsp3) is 0.182. The molecule has 1 saturated carbocycles. The van der Waals surface area contributed by atoms with Crippen molar-refractivity contribution in [3.8, 4) is 6.07 Å². The molecule has 0 heterocycles. The molecule has 0 radical (unpaired) electrons. The Morgan fingerprint density at radius 1 is 0.840 bits per heavy atom. The van der Waals surface area contributed by atoms with E-state index in [1.165, 1.54) is 3.57 Å². The van der Waals surface area contributed by atoms with Crippen LogP contribution in [0.15, 0.2) is 59.7 Å². The Kier molecular flexibility index (Phi) is 5.83. The highest BCUT2D eigenvalue weighted by Gasteiger charge is 2.18. The molecule has 0 bridgehead atoms. The molecular weight excluding hydrogens is 421 g/mol. The van der Waals surface area contributed by atoms with Crippen molar-refractivity contribution in [2.24, 2.45) is 0 Å². The van der Waals surface area contributed by atoms with Crippen LogP contribution in [0.1, 0.15) is 42.4 Å². The van der Waals surface area contributed by atoms with E-state index in [4.69, 9.17) is 5.26 Å². The van der Waals surface area contributed by atoms with Crippen LogP contribution >= 0.6 is 22.6 Å². The number of Topliss-reactive ketones (excluding diaryl/α,β-unsaturated/α-hetero) is 1. The second-order valence-corrected chi connectivity index (χ2v) is 7.41. The van der Waals surface area contributed by atoms with Gasteiger partial charge in [0, 0.05) is 14.7 Å². The summed E-state index contributed by atoms with van der Waals surface area (Å²) in [5.41, 5.74) is 4.42. The summed E-state index contributed by atoms with van der Waals surface area (Å²) in [7, 11) is 0. The minimum atomic E-state index is 0.153. The van der Waals surface area contributed by atoms with Crippen molar-refractivity contribution < 1.29 is 4.79 Å². The molecule has 2 aromatic carbocycles. The van der Waals surface area contributed by atoms with Crippen LogP contribution in [0.4, 0.5) is 0 Å². The topological polar surface area (TPSA) is 40.9 Å². The van der Waals surface area contributed by atoms with Crippen molar-refractivity contribution in [2.75, 3.05) is 0 Å². The third-order valence-corrected chi connectivity index (χ3v) is 5.04. The van der Waals surface area contributed by atoms with Gasteiger partial charge in [-0.05, 0) is 95.8 Å². The molecule has 2 nitrogen and oxygen atoms in total. The van der Waals surface area contributed by atoms with E-state index in [1.807, 2.05) is 24.3 Å². The van der Waals surface area contributed by atoms with Crippen LogP contribution in [0.5, 0.6) is 0 Å². The molecule has 25 heavy (non-hydrogen) atoms. The van der Waals surface area contributed by atoms with Crippen molar-refractivity contribution in [2.45, 2.75) is 25.7 Å². The minimum Gasteiger partial charge on any atom is -0.289 e. The van der Waals surface area contributed by atoms with Crippen molar-refractivity contribution in [1.29, 1.82) is 5.26 Å². The zero-order chi connectivity index (χ0) is 17.6. The predicted molar refractivity (Wildman–Crippen MR) is 110 cm³/mol. The number of nitrogens with zero attached hydrogens (tertiary/aromatic N) is 1. The maximum atomic E-state index is 13.0. The fourth-order valence-electron chi connectivity index (χ4n) is 2.95. The van der Waals surface area contributed by atoms with Gasteiger partial charge in [-0.2, -0.15) is 5.26 Å². The molecule has 0 amide bonds. The molecule has 2 aromatic rings. The number of benzene rings is 2. The van der Waals surface area contributed by atoms with Gasteiger partial charge < -0.3 is 0 Å². The van der Waals surface area contributed by atoms with E-state index in [9.17, 15) is 4.79 Å². The first-order chi connectivity index (χ1) is 12.2. The Morgan fingerprint density at radius 3 is 1.80 bits per heavy atom. The van der Waals surface area contributed by atoms with Crippen molar-refractivity contribution >= 4 is 40.5 Å². The van der Waals surface area contributed by atoms with Crippen molar-refractivity contribution in [3.05, 3.63) is 79.9 Å². The summed E-state index contributed by atoms with van der Waals surface area (Å²) in [4.78, 5) is 13.0. The highest BCUT2D eigenvalue weighted by molar-refractivity contribution is 14.1. The second kappa shape index (κ2) is 8.26. The van der Waals surface area contributed by atoms with E-state index in [1.54, 1.807) is 12.1 Å². The van der Waals surface area contributed by atoms with E-state index >= 15 is 0 Å². The van der Waals surface area contributed by atoms with Gasteiger partial charge in [-0.3, -0.25) is 4.79 Å². The molecule has 1 aliphatic carbocycles. The van der Waals surface area contributed by atoms with E-state index in [0.29, 0.717) is 5.56 Å². The van der Waals surface area contributed by atoms with Gasteiger partial charge in [-0.25, -0.2) is 0 Å². The monoisotopic (exact) mass is 439 g/mol. The summed E-state index contributed by atoms with van der Waals surface area (Å²) in [5.74, 6) is 0.153. The first kappa shape index (κ1) is 17.6. The second-order valence-electron chi connectivity index (χ2n) is 6.16. The summed E-state index contributed by atoms with van der Waals surface area (Å²) in [6.45, 7) is 0. The summed E-state index contributed by atoms with van der Waals surface area (Å²) < 4.78 is 1.19. The maximum absolute atomic E-state index is 13.0. The molecular formula is C22H18INO. The zero-order valence-corrected chi connectivity index (χ0v) is 16.0. The maximum Gasteiger partial charge on any atom is 0.185 e. The molecule has 0 N–H and O–H groups in total. The molecule has 3 heteroatoms. The van der Waals surface area contributed by atoms with Gasteiger partial charge in [0.05, 0.1) is 11.6 Å². The first-order valence-electron chi connectivity index (χ1n) is 8.37. The van der Waals surface area contributed by atoms with E-state index in [-0.39, 0.29) is 5.78 Å². The Bertz CT molecular complexity index is 868. The quantitative estimate of drug-likeness (QED) is 0.339. The van der Waals surface area contributed by atoms with Crippen LogP contribution in [-0.2, 0) is 4.79 Å². The van der Waals surface area contributed by atoms with Crippen LogP contribution in [0.3, 0.4) is 0 Å². The number of allylic oxidation sites excluding steroid dienone is 2. The Balaban J connectivity index is 1.89. The molecule has 1 fully saturated rings.